The number of ether oxygens (including phenoxy) is 3. The van der Waals surface area contributed by atoms with E-state index in [2.05, 4.69) is 4.90 Å². The third-order valence-electron chi connectivity index (χ3n) is 4.53. The van der Waals surface area contributed by atoms with Crippen molar-refractivity contribution in [2.75, 3.05) is 47.5 Å². The first-order chi connectivity index (χ1) is 11.8. The van der Waals surface area contributed by atoms with E-state index in [1.807, 2.05) is 12.1 Å². The quantitative estimate of drug-likeness (QED) is 0.522. The molecule has 0 bridgehead atoms. The molecule has 0 amide bonds. The van der Waals surface area contributed by atoms with Crippen LogP contribution in [0.1, 0.15) is 12.5 Å². The SMILES string of the molecule is COc1ccc(CN2CCN(C(C)S(=O)(=O)O)CC2)c(OC)c1OC.[NaH]. The summed E-state index contributed by atoms with van der Waals surface area (Å²) < 4.78 is 47.9. The molecule has 0 spiro atoms. The van der Waals surface area contributed by atoms with Crippen LogP contribution in [-0.4, -0.2) is 105 Å². The Morgan fingerprint density at radius 1 is 1.04 bits per heavy atom. The van der Waals surface area contributed by atoms with Crippen LogP contribution < -0.4 is 14.2 Å². The minimum atomic E-state index is -4.05. The minimum absolute atomic E-state index is 0. The predicted molar refractivity (Wildman–Crippen MR) is 101 cm³/mol. The molecule has 0 saturated carbocycles. The second kappa shape index (κ2) is 10.1. The van der Waals surface area contributed by atoms with Gasteiger partial charge in [-0.1, -0.05) is 6.07 Å². The average molecular weight is 398 g/mol. The van der Waals surface area contributed by atoms with Crippen molar-refractivity contribution in [3.05, 3.63) is 17.7 Å². The van der Waals surface area contributed by atoms with Gasteiger partial charge in [0.25, 0.3) is 10.1 Å². The summed E-state index contributed by atoms with van der Waals surface area (Å²) in [6.45, 7) is 4.67. The molecule has 1 heterocycles. The van der Waals surface area contributed by atoms with Gasteiger partial charge < -0.3 is 14.2 Å². The molecule has 2 rings (SSSR count). The number of piperazine rings is 1. The van der Waals surface area contributed by atoms with Crippen LogP contribution in [0.25, 0.3) is 0 Å². The Morgan fingerprint density at radius 3 is 2.08 bits per heavy atom. The standard InChI is InChI=1S/C16H26N2O6S.Na.H/c1-12(25(19,20)21)18-9-7-17(8-10-18)11-13-5-6-14(22-2)16(24-4)15(13)23-3;;/h5-6,12H,7-11H2,1-4H3,(H,19,20,21);;. The fourth-order valence-corrected chi connectivity index (χ4v) is 3.59. The molecular weight excluding hydrogens is 371 g/mol. The van der Waals surface area contributed by atoms with Gasteiger partial charge in [0.2, 0.25) is 5.75 Å². The molecule has 144 valence electrons. The molecule has 1 aliphatic rings. The van der Waals surface area contributed by atoms with Crippen LogP contribution in [0.4, 0.5) is 0 Å². The van der Waals surface area contributed by atoms with E-state index >= 15 is 0 Å². The number of methoxy groups -OCH3 is 3. The molecule has 1 fully saturated rings. The van der Waals surface area contributed by atoms with E-state index in [9.17, 15) is 13.0 Å². The molecule has 26 heavy (non-hydrogen) atoms. The fraction of sp³-hybridized carbons (Fsp3) is 0.625. The summed E-state index contributed by atoms with van der Waals surface area (Å²) in [5.41, 5.74) is 0.969. The second-order valence-electron chi connectivity index (χ2n) is 5.92. The molecule has 8 nitrogen and oxygen atoms in total. The van der Waals surface area contributed by atoms with Gasteiger partial charge >= 0.3 is 29.6 Å². The Bertz CT molecular complexity index is 692. The molecule has 10 heteroatoms. The zero-order valence-corrected chi connectivity index (χ0v) is 15.9. The molecule has 0 aromatic heterocycles. The van der Waals surface area contributed by atoms with Gasteiger partial charge in [-0.15, -0.1) is 0 Å². The van der Waals surface area contributed by atoms with Gasteiger partial charge in [-0.05, 0) is 13.0 Å². The first-order valence-electron chi connectivity index (χ1n) is 8.02. The Morgan fingerprint density at radius 2 is 1.62 bits per heavy atom. The van der Waals surface area contributed by atoms with Gasteiger partial charge in [-0.25, -0.2) is 0 Å². The molecule has 1 aromatic carbocycles. The molecular formula is C16H27N2NaO6S. The monoisotopic (exact) mass is 398 g/mol. The van der Waals surface area contributed by atoms with Crippen LogP contribution in [0.3, 0.4) is 0 Å². The van der Waals surface area contributed by atoms with Crippen LogP contribution in [0.5, 0.6) is 17.2 Å². The summed E-state index contributed by atoms with van der Waals surface area (Å²) in [5.74, 6) is 1.80. The Hall–Kier alpha value is -0.550. The summed E-state index contributed by atoms with van der Waals surface area (Å²) in [4.78, 5) is 3.97. The van der Waals surface area contributed by atoms with Crippen molar-refractivity contribution in [1.29, 1.82) is 0 Å². The normalized spacial score (nSPS) is 17.3. The van der Waals surface area contributed by atoms with Crippen LogP contribution >= 0.6 is 0 Å². The third-order valence-corrected chi connectivity index (χ3v) is 5.69. The molecule has 1 saturated heterocycles. The number of nitrogens with zero attached hydrogens (tertiary/aromatic N) is 2. The second-order valence-corrected chi connectivity index (χ2v) is 7.63. The van der Waals surface area contributed by atoms with E-state index in [4.69, 9.17) is 14.2 Å². The van der Waals surface area contributed by atoms with E-state index < -0.39 is 15.5 Å². The van der Waals surface area contributed by atoms with Crippen molar-refractivity contribution in [2.45, 2.75) is 18.8 Å². The van der Waals surface area contributed by atoms with Crippen LogP contribution in [0, 0.1) is 0 Å². The molecule has 1 atom stereocenters. The van der Waals surface area contributed by atoms with Gasteiger partial charge in [-0.3, -0.25) is 14.4 Å². The topological polar surface area (TPSA) is 88.5 Å². The predicted octanol–water partition coefficient (Wildman–Crippen LogP) is 0.415. The number of hydrogen-bond donors (Lipinski definition) is 1. The Balaban J connectivity index is 0.00000338. The number of benzene rings is 1. The molecule has 1 unspecified atom stereocenters. The van der Waals surface area contributed by atoms with Gasteiger partial charge in [0.05, 0.1) is 21.3 Å². The summed E-state index contributed by atoms with van der Waals surface area (Å²) in [6.07, 6.45) is 0. The molecule has 0 aliphatic carbocycles. The molecule has 1 aromatic rings. The van der Waals surface area contributed by atoms with Crippen molar-refractivity contribution in [2.24, 2.45) is 0 Å². The van der Waals surface area contributed by atoms with Crippen molar-refractivity contribution in [3.63, 3.8) is 0 Å². The Labute approximate surface area is 177 Å². The van der Waals surface area contributed by atoms with Gasteiger partial charge in [0.15, 0.2) is 11.5 Å². The van der Waals surface area contributed by atoms with Gasteiger partial charge in [0.1, 0.15) is 5.37 Å². The average Bonchev–Trinajstić information content (AvgIpc) is 2.60. The summed E-state index contributed by atoms with van der Waals surface area (Å²) in [7, 11) is 0.686. The maximum absolute atomic E-state index is 11.3. The van der Waals surface area contributed by atoms with Gasteiger partial charge in [-0.2, -0.15) is 8.42 Å². The Kier molecular flexibility index (Phi) is 9.14. The summed E-state index contributed by atoms with van der Waals surface area (Å²) in [6, 6.07) is 3.78. The molecule has 1 N–H and O–H groups in total. The van der Waals surface area contributed by atoms with E-state index in [0.717, 1.165) is 5.56 Å². The van der Waals surface area contributed by atoms with E-state index in [-0.39, 0.29) is 29.6 Å². The first kappa shape index (κ1) is 23.5. The zero-order valence-electron chi connectivity index (χ0n) is 15.1. The van der Waals surface area contributed by atoms with Gasteiger partial charge in [0, 0.05) is 38.3 Å². The fourth-order valence-electron chi connectivity index (χ4n) is 3.00. The van der Waals surface area contributed by atoms with E-state index in [1.54, 1.807) is 26.2 Å². The van der Waals surface area contributed by atoms with E-state index in [0.29, 0.717) is 50.0 Å². The zero-order chi connectivity index (χ0) is 18.6. The van der Waals surface area contributed by atoms with Crippen LogP contribution in [0.2, 0.25) is 0 Å². The van der Waals surface area contributed by atoms with Crippen molar-refractivity contribution in [3.8, 4) is 17.2 Å². The molecule has 1 aliphatic heterocycles. The van der Waals surface area contributed by atoms with Crippen molar-refractivity contribution < 1.29 is 27.2 Å². The number of hydrogen-bond acceptors (Lipinski definition) is 7. The van der Waals surface area contributed by atoms with Crippen molar-refractivity contribution >= 4 is 39.7 Å². The van der Waals surface area contributed by atoms with Crippen LogP contribution in [0.15, 0.2) is 12.1 Å². The molecule has 0 radical (unpaired) electrons. The first-order valence-corrected chi connectivity index (χ1v) is 9.52. The van der Waals surface area contributed by atoms with Crippen molar-refractivity contribution in [1.82, 2.24) is 9.80 Å². The van der Waals surface area contributed by atoms with Crippen LogP contribution in [-0.2, 0) is 16.7 Å². The summed E-state index contributed by atoms with van der Waals surface area (Å²) in [5, 5.41) is -0.884. The summed E-state index contributed by atoms with van der Waals surface area (Å²) >= 11 is 0. The maximum atomic E-state index is 11.3. The van der Waals surface area contributed by atoms with E-state index in [1.165, 1.54) is 6.92 Å². The third kappa shape index (κ3) is 5.48. The number of rotatable bonds is 7.